The fourth-order valence-electron chi connectivity index (χ4n) is 3.09. The average molecular weight is 473 g/mol. The van der Waals surface area contributed by atoms with Gasteiger partial charge in [-0.1, -0.05) is 42.1 Å². The molecular weight excluding hydrogens is 448 g/mol. The maximum atomic E-state index is 12.7. The SMILES string of the molecule is CCOC(=O)c1c(C)oc(NC(=O)Cn2c(N)nnc2SCCc2ccccc2)c1C(N)=O. The molecule has 2 amide bonds. The number of aryl methyl sites for hydroxylation is 2. The number of nitrogens with two attached hydrogens (primary N) is 2. The molecule has 5 N–H and O–H groups in total. The number of nitrogens with zero attached hydrogens (tertiary/aromatic N) is 3. The summed E-state index contributed by atoms with van der Waals surface area (Å²) in [6.07, 6.45) is 0.800. The number of esters is 1. The lowest BCUT2D eigenvalue weighted by Crippen LogP contribution is -2.23. The Morgan fingerprint density at radius 1 is 1.18 bits per heavy atom. The predicted molar refractivity (Wildman–Crippen MR) is 122 cm³/mol. The van der Waals surface area contributed by atoms with E-state index in [1.165, 1.54) is 28.8 Å². The van der Waals surface area contributed by atoms with Crippen molar-refractivity contribution in [2.45, 2.75) is 32.0 Å². The van der Waals surface area contributed by atoms with Crippen molar-refractivity contribution in [2.75, 3.05) is 23.4 Å². The molecule has 0 spiro atoms. The lowest BCUT2D eigenvalue weighted by molar-refractivity contribution is -0.116. The van der Waals surface area contributed by atoms with E-state index in [0.717, 1.165) is 6.42 Å². The van der Waals surface area contributed by atoms with Gasteiger partial charge < -0.3 is 20.6 Å². The van der Waals surface area contributed by atoms with Crippen molar-refractivity contribution in [1.82, 2.24) is 14.8 Å². The first-order chi connectivity index (χ1) is 15.8. The first-order valence-corrected chi connectivity index (χ1v) is 11.1. The Labute approximate surface area is 193 Å². The van der Waals surface area contributed by atoms with Crippen LogP contribution in [0.1, 0.15) is 39.0 Å². The summed E-state index contributed by atoms with van der Waals surface area (Å²) < 4.78 is 11.8. The molecule has 0 bridgehead atoms. The van der Waals surface area contributed by atoms with Gasteiger partial charge in [0, 0.05) is 5.75 Å². The van der Waals surface area contributed by atoms with E-state index >= 15 is 0 Å². The van der Waals surface area contributed by atoms with Gasteiger partial charge >= 0.3 is 5.97 Å². The van der Waals surface area contributed by atoms with Crippen molar-refractivity contribution >= 4 is 41.4 Å². The number of rotatable bonds is 10. The van der Waals surface area contributed by atoms with E-state index in [1.54, 1.807) is 6.92 Å². The van der Waals surface area contributed by atoms with Gasteiger partial charge in [0.2, 0.25) is 17.7 Å². The van der Waals surface area contributed by atoms with Crippen LogP contribution in [0.25, 0.3) is 0 Å². The topological polar surface area (TPSA) is 168 Å². The van der Waals surface area contributed by atoms with Crippen molar-refractivity contribution in [3.63, 3.8) is 0 Å². The van der Waals surface area contributed by atoms with E-state index < -0.39 is 17.8 Å². The second-order valence-electron chi connectivity index (χ2n) is 6.88. The first kappa shape index (κ1) is 23.9. The molecule has 0 aliphatic carbocycles. The summed E-state index contributed by atoms with van der Waals surface area (Å²) in [5, 5.41) is 10.8. The normalized spacial score (nSPS) is 10.7. The summed E-state index contributed by atoms with van der Waals surface area (Å²) in [6, 6.07) is 9.94. The monoisotopic (exact) mass is 472 g/mol. The number of amides is 2. The molecule has 0 aliphatic rings. The highest BCUT2D eigenvalue weighted by Crippen LogP contribution is 2.28. The van der Waals surface area contributed by atoms with Gasteiger partial charge in [0.05, 0.1) is 6.61 Å². The van der Waals surface area contributed by atoms with Crippen LogP contribution in [-0.2, 0) is 22.5 Å². The third kappa shape index (κ3) is 5.71. The molecule has 0 saturated heterocycles. The number of carbonyl (C=O) groups excluding carboxylic acids is 3. The van der Waals surface area contributed by atoms with Crippen molar-refractivity contribution in [3.05, 3.63) is 52.8 Å². The van der Waals surface area contributed by atoms with Gasteiger partial charge in [-0.25, -0.2) is 4.79 Å². The van der Waals surface area contributed by atoms with Crippen LogP contribution in [-0.4, -0.2) is 44.9 Å². The van der Waals surface area contributed by atoms with E-state index in [9.17, 15) is 14.4 Å². The molecule has 0 aliphatic heterocycles. The molecule has 12 heteroatoms. The number of nitrogen functional groups attached to an aromatic ring is 1. The highest BCUT2D eigenvalue weighted by Gasteiger charge is 2.29. The number of carbonyl (C=O) groups is 3. The fraction of sp³-hybridized carbons (Fsp3) is 0.286. The van der Waals surface area contributed by atoms with Crippen molar-refractivity contribution < 1.29 is 23.5 Å². The maximum Gasteiger partial charge on any atom is 0.342 e. The molecule has 0 fully saturated rings. The van der Waals surface area contributed by atoms with Crippen LogP contribution < -0.4 is 16.8 Å². The number of furan rings is 1. The molecule has 33 heavy (non-hydrogen) atoms. The van der Waals surface area contributed by atoms with Crippen LogP contribution >= 0.6 is 11.8 Å². The Hall–Kier alpha value is -3.80. The number of aromatic nitrogens is 3. The van der Waals surface area contributed by atoms with Crippen LogP contribution in [0.3, 0.4) is 0 Å². The molecule has 2 heterocycles. The van der Waals surface area contributed by atoms with Crippen molar-refractivity contribution in [2.24, 2.45) is 5.73 Å². The molecule has 0 saturated carbocycles. The molecule has 174 valence electrons. The summed E-state index contributed by atoms with van der Waals surface area (Å²) >= 11 is 1.41. The molecule has 3 aromatic rings. The summed E-state index contributed by atoms with van der Waals surface area (Å²) in [6.45, 7) is 2.95. The Bertz CT molecular complexity index is 1160. The molecule has 0 atom stereocenters. The van der Waals surface area contributed by atoms with Gasteiger partial charge in [-0.05, 0) is 25.8 Å². The smallest absolute Gasteiger partial charge is 0.342 e. The lowest BCUT2D eigenvalue weighted by Gasteiger charge is -2.08. The zero-order valence-corrected chi connectivity index (χ0v) is 19.0. The average Bonchev–Trinajstić information content (AvgIpc) is 3.28. The number of anilines is 2. The van der Waals surface area contributed by atoms with Crippen molar-refractivity contribution in [3.8, 4) is 0 Å². The molecule has 11 nitrogen and oxygen atoms in total. The summed E-state index contributed by atoms with van der Waals surface area (Å²) in [5.41, 5.74) is 12.1. The minimum absolute atomic E-state index is 0.0605. The second-order valence-corrected chi connectivity index (χ2v) is 7.94. The Kier molecular flexibility index (Phi) is 7.72. The number of nitrogens with one attached hydrogen (secondary N) is 1. The predicted octanol–water partition coefficient (Wildman–Crippen LogP) is 2.01. The van der Waals surface area contributed by atoms with E-state index in [2.05, 4.69) is 15.5 Å². The molecule has 0 radical (unpaired) electrons. The summed E-state index contributed by atoms with van der Waals surface area (Å²) in [5.74, 6) is -1.66. The Morgan fingerprint density at radius 3 is 2.58 bits per heavy atom. The van der Waals surface area contributed by atoms with E-state index in [0.29, 0.717) is 10.9 Å². The fourth-order valence-corrected chi connectivity index (χ4v) is 4.02. The van der Waals surface area contributed by atoms with Crippen LogP contribution in [0.5, 0.6) is 0 Å². The van der Waals surface area contributed by atoms with E-state index in [1.807, 2.05) is 30.3 Å². The zero-order chi connectivity index (χ0) is 24.0. The van der Waals surface area contributed by atoms with Gasteiger partial charge in [0.15, 0.2) is 5.16 Å². The zero-order valence-electron chi connectivity index (χ0n) is 18.2. The Morgan fingerprint density at radius 2 is 1.91 bits per heavy atom. The number of hydrogen-bond donors (Lipinski definition) is 3. The first-order valence-electron chi connectivity index (χ1n) is 10.1. The minimum atomic E-state index is -0.939. The number of primary amides is 1. The third-order valence-electron chi connectivity index (χ3n) is 4.58. The largest absolute Gasteiger partial charge is 0.462 e. The van der Waals surface area contributed by atoms with Gasteiger partial charge in [-0.3, -0.25) is 19.5 Å². The lowest BCUT2D eigenvalue weighted by atomic mass is 10.1. The quantitative estimate of drug-likeness (QED) is 0.295. The molecule has 3 rings (SSSR count). The van der Waals surface area contributed by atoms with Crippen LogP contribution in [0.2, 0.25) is 0 Å². The molecular formula is C21H24N6O5S. The number of benzene rings is 1. The van der Waals surface area contributed by atoms with E-state index in [4.69, 9.17) is 20.6 Å². The summed E-state index contributed by atoms with van der Waals surface area (Å²) in [7, 11) is 0. The van der Waals surface area contributed by atoms with Crippen LogP contribution in [0.4, 0.5) is 11.8 Å². The van der Waals surface area contributed by atoms with Crippen LogP contribution in [0.15, 0.2) is 39.9 Å². The highest BCUT2D eigenvalue weighted by atomic mass is 32.2. The third-order valence-corrected chi connectivity index (χ3v) is 5.54. The molecule has 2 aromatic heterocycles. The molecule has 1 aromatic carbocycles. The van der Waals surface area contributed by atoms with Gasteiger partial charge in [-0.2, -0.15) is 0 Å². The minimum Gasteiger partial charge on any atom is -0.462 e. The number of ether oxygens (including phenoxy) is 1. The van der Waals surface area contributed by atoms with Crippen LogP contribution in [0, 0.1) is 6.92 Å². The highest BCUT2D eigenvalue weighted by molar-refractivity contribution is 7.99. The molecule has 0 unspecified atom stereocenters. The van der Waals surface area contributed by atoms with Gasteiger partial charge in [0.1, 0.15) is 23.4 Å². The summed E-state index contributed by atoms with van der Waals surface area (Å²) in [4.78, 5) is 36.8. The van der Waals surface area contributed by atoms with E-state index in [-0.39, 0.29) is 41.9 Å². The number of hydrogen-bond acceptors (Lipinski definition) is 9. The maximum absolute atomic E-state index is 12.7. The number of thioether (sulfide) groups is 1. The standard InChI is InChI=1S/C21H24N6O5S/c1-3-31-19(30)15-12(2)32-18(16(15)17(22)29)24-14(28)11-27-20(23)25-26-21(27)33-10-9-13-7-5-4-6-8-13/h4-8H,3,9-11H2,1-2H3,(H2,22,29)(H2,23,25)(H,24,28). The van der Waals surface area contributed by atoms with Crippen molar-refractivity contribution in [1.29, 1.82) is 0 Å². The van der Waals surface area contributed by atoms with Gasteiger partial charge in [-0.15, -0.1) is 10.2 Å². The Balaban J connectivity index is 1.71. The van der Waals surface area contributed by atoms with Gasteiger partial charge in [0.25, 0.3) is 5.91 Å². The second kappa shape index (κ2) is 10.7.